The molecule has 2 aromatic carbocycles. The third-order valence-corrected chi connectivity index (χ3v) is 3.27. The lowest BCUT2D eigenvalue weighted by Crippen LogP contribution is -1.95. The molecule has 20 heavy (non-hydrogen) atoms. The number of hydrogen-bond donors (Lipinski definition) is 1. The van der Waals surface area contributed by atoms with E-state index in [1.54, 1.807) is 12.1 Å². The van der Waals surface area contributed by atoms with E-state index >= 15 is 0 Å². The Balaban J connectivity index is 1.75. The summed E-state index contributed by atoms with van der Waals surface area (Å²) in [5.74, 6) is 0.475. The predicted molar refractivity (Wildman–Crippen MR) is 75.7 cm³/mol. The summed E-state index contributed by atoms with van der Waals surface area (Å²) in [5.41, 5.74) is 9.32. The minimum atomic E-state index is -0.218. The van der Waals surface area contributed by atoms with Crippen molar-refractivity contribution in [2.45, 2.75) is 19.4 Å². The molecule has 3 aromatic rings. The first-order valence-corrected chi connectivity index (χ1v) is 6.57. The summed E-state index contributed by atoms with van der Waals surface area (Å²) in [5, 5.41) is 0. The molecule has 1 aromatic heterocycles. The zero-order valence-corrected chi connectivity index (χ0v) is 11.0. The van der Waals surface area contributed by atoms with E-state index in [9.17, 15) is 4.39 Å². The zero-order chi connectivity index (χ0) is 13.9. The van der Waals surface area contributed by atoms with E-state index in [1.165, 1.54) is 12.1 Å². The molecule has 3 rings (SSSR count). The van der Waals surface area contributed by atoms with Gasteiger partial charge in [0.15, 0.2) is 11.5 Å². The first kappa shape index (κ1) is 12.8. The van der Waals surface area contributed by atoms with Crippen LogP contribution in [0.5, 0.6) is 0 Å². The third kappa shape index (κ3) is 2.70. The van der Waals surface area contributed by atoms with Crippen LogP contribution in [0.1, 0.15) is 17.0 Å². The third-order valence-electron chi connectivity index (χ3n) is 3.27. The monoisotopic (exact) mass is 270 g/mol. The molecule has 0 bridgehead atoms. The number of fused-ring (bicyclic) bond motifs is 1. The average molecular weight is 270 g/mol. The van der Waals surface area contributed by atoms with Gasteiger partial charge in [0.2, 0.25) is 0 Å². The van der Waals surface area contributed by atoms with Crippen molar-refractivity contribution in [1.29, 1.82) is 0 Å². The summed E-state index contributed by atoms with van der Waals surface area (Å²) >= 11 is 0. The van der Waals surface area contributed by atoms with Crippen molar-refractivity contribution < 1.29 is 8.81 Å². The van der Waals surface area contributed by atoms with Crippen LogP contribution in [0.3, 0.4) is 0 Å². The molecule has 102 valence electrons. The van der Waals surface area contributed by atoms with E-state index in [0.717, 1.165) is 28.6 Å². The second-order valence-electron chi connectivity index (χ2n) is 4.74. The number of rotatable bonds is 4. The van der Waals surface area contributed by atoms with Crippen LogP contribution < -0.4 is 5.73 Å². The van der Waals surface area contributed by atoms with Gasteiger partial charge in [0.1, 0.15) is 11.3 Å². The standard InChI is InChI=1S/C16H15FN2O/c17-13-5-1-11(2-6-13)4-8-16-19-14-9-12(10-18)3-7-15(14)20-16/h1-3,5-7,9H,4,8,10,18H2. The number of nitrogens with two attached hydrogens (primary N) is 1. The molecule has 0 saturated heterocycles. The molecule has 3 nitrogen and oxygen atoms in total. The highest BCUT2D eigenvalue weighted by molar-refractivity contribution is 5.73. The molecule has 1 heterocycles. The lowest BCUT2D eigenvalue weighted by atomic mass is 10.1. The molecule has 0 amide bonds. The van der Waals surface area contributed by atoms with Gasteiger partial charge >= 0.3 is 0 Å². The molecule has 0 atom stereocenters. The Morgan fingerprint density at radius 3 is 2.50 bits per heavy atom. The Kier molecular flexibility index (Phi) is 3.48. The molecule has 0 fully saturated rings. The Bertz CT molecular complexity index is 719. The molecule has 0 radical (unpaired) electrons. The van der Waals surface area contributed by atoms with Gasteiger partial charge in [-0.2, -0.15) is 0 Å². The fourth-order valence-corrected chi connectivity index (χ4v) is 2.16. The van der Waals surface area contributed by atoms with Crippen LogP contribution in [0.2, 0.25) is 0 Å². The van der Waals surface area contributed by atoms with Gasteiger partial charge in [0, 0.05) is 13.0 Å². The van der Waals surface area contributed by atoms with E-state index in [2.05, 4.69) is 4.98 Å². The van der Waals surface area contributed by atoms with Crippen LogP contribution in [0.4, 0.5) is 4.39 Å². The largest absolute Gasteiger partial charge is 0.441 e. The second-order valence-corrected chi connectivity index (χ2v) is 4.74. The predicted octanol–water partition coefficient (Wildman–Crippen LogP) is 3.21. The maximum absolute atomic E-state index is 12.8. The highest BCUT2D eigenvalue weighted by Crippen LogP contribution is 2.18. The van der Waals surface area contributed by atoms with Gasteiger partial charge in [-0.25, -0.2) is 9.37 Å². The Morgan fingerprint density at radius 1 is 1.00 bits per heavy atom. The first-order valence-electron chi connectivity index (χ1n) is 6.57. The van der Waals surface area contributed by atoms with Gasteiger partial charge in [-0.1, -0.05) is 18.2 Å². The van der Waals surface area contributed by atoms with Crippen molar-refractivity contribution in [1.82, 2.24) is 4.98 Å². The van der Waals surface area contributed by atoms with E-state index in [0.29, 0.717) is 18.9 Å². The smallest absolute Gasteiger partial charge is 0.195 e. The summed E-state index contributed by atoms with van der Waals surface area (Å²) in [6.45, 7) is 0.494. The Hall–Kier alpha value is -2.20. The topological polar surface area (TPSA) is 52.0 Å². The number of hydrogen-bond acceptors (Lipinski definition) is 3. The van der Waals surface area contributed by atoms with E-state index in [-0.39, 0.29) is 5.82 Å². The molecule has 0 aliphatic carbocycles. The summed E-state index contributed by atoms with van der Waals surface area (Å²) in [4.78, 5) is 4.46. The van der Waals surface area contributed by atoms with E-state index in [1.807, 2.05) is 18.2 Å². The molecular formula is C16H15FN2O. The van der Waals surface area contributed by atoms with Gasteiger partial charge in [-0.15, -0.1) is 0 Å². The Morgan fingerprint density at radius 2 is 1.75 bits per heavy atom. The molecule has 0 unspecified atom stereocenters. The van der Waals surface area contributed by atoms with Gasteiger partial charge < -0.3 is 10.2 Å². The fraction of sp³-hybridized carbons (Fsp3) is 0.188. The van der Waals surface area contributed by atoms with Crippen LogP contribution in [0.25, 0.3) is 11.1 Å². The molecule has 0 aliphatic rings. The molecule has 0 saturated carbocycles. The number of aromatic nitrogens is 1. The summed E-state index contributed by atoms with van der Waals surface area (Å²) < 4.78 is 18.5. The summed E-state index contributed by atoms with van der Waals surface area (Å²) in [7, 11) is 0. The van der Waals surface area contributed by atoms with Crippen molar-refractivity contribution in [3.63, 3.8) is 0 Å². The van der Waals surface area contributed by atoms with Gasteiger partial charge in [0.25, 0.3) is 0 Å². The highest BCUT2D eigenvalue weighted by Gasteiger charge is 2.06. The summed E-state index contributed by atoms with van der Waals surface area (Å²) in [6.07, 6.45) is 1.47. The maximum atomic E-state index is 12.8. The van der Waals surface area contributed by atoms with E-state index in [4.69, 9.17) is 10.2 Å². The van der Waals surface area contributed by atoms with Crippen molar-refractivity contribution in [3.8, 4) is 0 Å². The van der Waals surface area contributed by atoms with Gasteiger partial charge in [-0.3, -0.25) is 0 Å². The molecule has 2 N–H and O–H groups in total. The number of oxazole rings is 1. The van der Waals surface area contributed by atoms with Crippen LogP contribution in [-0.2, 0) is 19.4 Å². The fourth-order valence-electron chi connectivity index (χ4n) is 2.16. The lowest BCUT2D eigenvalue weighted by Gasteiger charge is -1.98. The maximum Gasteiger partial charge on any atom is 0.195 e. The van der Waals surface area contributed by atoms with Gasteiger partial charge in [-0.05, 0) is 41.8 Å². The van der Waals surface area contributed by atoms with Crippen LogP contribution >= 0.6 is 0 Å². The van der Waals surface area contributed by atoms with Crippen LogP contribution in [0.15, 0.2) is 46.9 Å². The summed E-state index contributed by atoms with van der Waals surface area (Å²) in [6, 6.07) is 12.3. The minimum absolute atomic E-state index is 0.218. The van der Waals surface area contributed by atoms with Gasteiger partial charge in [0.05, 0.1) is 0 Å². The highest BCUT2D eigenvalue weighted by atomic mass is 19.1. The quantitative estimate of drug-likeness (QED) is 0.792. The number of halogens is 1. The van der Waals surface area contributed by atoms with E-state index < -0.39 is 0 Å². The second kappa shape index (κ2) is 5.43. The van der Waals surface area contributed by atoms with Crippen molar-refractivity contribution >= 4 is 11.1 Å². The van der Waals surface area contributed by atoms with Crippen molar-refractivity contribution in [2.75, 3.05) is 0 Å². The van der Waals surface area contributed by atoms with Crippen molar-refractivity contribution in [3.05, 3.63) is 65.3 Å². The number of aryl methyl sites for hydroxylation is 2. The SMILES string of the molecule is NCc1ccc2oc(CCc3ccc(F)cc3)nc2c1. The minimum Gasteiger partial charge on any atom is -0.441 e. The van der Waals surface area contributed by atoms with Crippen LogP contribution in [0, 0.1) is 5.82 Å². The normalized spacial score (nSPS) is 11.1. The molecule has 0 spiro atoms. The molecule has 0 aliphatic heterocycles. The molecular weight excluding hydrogens is 255 g/mol. The number of nitrogens with zero attached hydrogens (tertiary/aromatic N) is 1. The van der Waals surface area contributed by atoms with Crippen molar-refractivity contribution in [2.24, 2.45) is 5.73 Å². The number of benzene rings is 2. The first-order chi connectivity index (χ1) is 9.74. The molecule has 4 heteroatoms. The Labute approximate surface area is 116 Å². The lowest BCUT2D eigenvalue weighted by molar-refractivity contribution is 0.528. The average Bonchev–Trinajstić information content (AvgIpc) is 2.88. The van der Waals surface area contributed by atoms with Crippen LogP contribution in [-0.4, -0.2) is 4.98 Å². The zero-order valence-electron chi connectivity index (χ0n) is 11.0.